The van der Waals surface area contributed by atoms with Crippen molar-refractivity contribution < 1.29 is 124 Å². The van der Waals surface area contributed by atoms with Gasteiger partial charge in [-0.15, -0.1) is 0 Å². The second-order valence-corrected chi connectivity index (χ2v) is 14.0. The molecule has 25 nitrogen and oxygen atoms in total. The fourth-order valence-electron chi connectivity index (χ4n) is 4.32. The third-order valence-corrected chi connectivity index (χ3v) is 7.55. The molecule has 0 aromatic heterocycles. The van der Waals surface area contributed by atoms with Gasteiger partial charge in [-0.1, -0.05) is 0 Å². The number of aliphatic hydroxyl groups is 14. The molecule has 0 aliphatic heterocycles. The summed E-state index contributed by atoms with van der Waals surface area (Å²) >= 11 is 0. The van der Waals surface area contributed by atoms with Crippen molar-refractivity contribution in [2.24, 2.45) is 0 Å². The van der Waals surface area contributed by atoms with Gasteiger partial charge in [0.05, 0.1) is 159 Å². The summed E-state index contributed by atoms with van der Waals surface area (Å²) in [5.41, 5.74) is 0. The van der Waals surface area contributed by atoms with Gasteiger partial charge in [0, 0.05) is 0 Å². The highest BCUT2D eigenvalue weighted by Crippen LogP contribution is 2.07. The summed E-state index contributed by atoms with van der Waals surface area (Å²) in [6.07, 6.45) is -12.8. The Morgan fingerprint density at radius 3 is 0.607 bits per heavy atom. The molecular weight excluding hydrogens is 832 g/mol. The van der Waals surface area contributed by atoms with Gasteiger partial charge in [0.15, 0.2) is 0 Å². The quantitative estimate of drug-likeness (QED) is 0.0270. The van der Waals surface area contributed by atoms with Gasteiger partial charge >= 0.3 is 0 Å². The first-order valence-corrected chi connectivity index (χ1v) is 19.9. The zero-order valence-electron chi connectivity index (χ0n) is 34.7. The van der Waals surface area contributed by atoms with Gasteiger partial charge in [-0.05, 0) is 0 Å². The van der Waals surface area contributed by atoms with Crippen molar-refractivity contribution in [3.8, 4) is 0 Å². The summed E-state index contributed by atoms with van der Waals surface area (Å²) in [5, 5.41) is 134. The molecule has 0 aliphatic carbocycles. The van der Waals surface area contributed by atoms with E-state index >= 15 is 0 Å². The van der Waals surface area contributed by atoms with Crippen LogP contribution in [0.5, 0.6) is 0 Å². The van der Waals surface area contributed by atoms with Gasteiger partial charge in [-0.2, -0.15) is 0 Å². The van der Waals surface area contributed by atoms with Crippen molar-refractivity contribution in [2.45, 2.75) is 73.2 Å². The average molecular weight is 907 g/mol. The summed E-state index contributed by atoms with van der Waals surface area (Å²) in [6.45, 7) is -6.68. The topological polar surface area (TPSA) is 385 Å². The summed E-state index contributed by atoms with van der Waals surface area (Å²) < 4.78 is 60.4. The Morgan fingerprint density at radius 2 is 0.361 bits per heavy atom. The molecule has 61 heavy (non-hydrogen) atoms. The molecule has 0 aliphatic rings. The molecule has 0 radical (unpaired) electrons. The Morgan fingerprint density at radius 1 is 0.197 bits per heavy atom. The van der Waals surface area contributed by atoms with Gasteiger partial charge in [0.1, 0.15) is 73.2 Å². The van der Waals surface area contributed by atoms with Crippen LogP contribution in [0.15, 0.2) is 0 Å². The molecule has 0 saturated heterocycles. The lowest BCUT2D eigenvalue weighted by atomic mass is 10.3. The largest absolute Gasteiger partial charge is 0.394 e. The van der Waals surface area contributed by atoms with E-state index < -0.39 is 106 Å². The molecule has 368 valence electrons. The monoisotopic (exact) mass is 906 g/mol. The van der Waals surface area contributed by atoms with Crippen molar-refractivity contribution in [2.75, 3.05) is 159 Å². The molecule has 0 saturated carbocycles. The maximum atomic E-state index is 10.5. The number of hydrogen-bond acceptors (Lipinski definition) is 25. The highest BCUT2D eigenvalue weighted by molar-refractivity contribution is 4.67. The molecule has 14 N–H and O–H groups in total. The van der Waals surface area contributed by atoms with Gasteiger partial charge in [-0.3, -0.25) is 0 Å². The standard InChI is InChI=1S/C36H74O25/c37-1-25(42)6-51-11-30(47)13-53-15-32(49)17-59-34(19-55-8-27(44)3-39)22-58-23-36(60-18-33(50)16-54-14-31(48)12-52-7-26(43)2-38)24-61-35(20-56-9-28(45)4-40)21-57-10-29(46)5-41/h25-50H,1-24H2. The van der Waals surface area contributed by atoms with Crippen molar-refractivity contribution >= 4 is 0 Å². The molecule has 0 bridgehead atoms. The van der Waals surface area contributed by atoms with Gasteiger partial charge in [0.25, 0.3) is 0 Å². The van der Waals surface area contributed by atoms with Crippen LogP contribution < -0.4 is 0 Å². The minimum absolute atomic E-state index is 0.137. The number of ether oxygens (including phenoxy) is 11. The molecule has 0 rings (SSSR count). The highest BCUT2D eigenvalue weighted by Gasteiger charge is 2.22. The first-order valence-electron chi connectivity index (χ1n) is 19.9. The molecule has 0 aromatic carbocycles. The van der Waals surface area contributed by atoms with Gasteiger partial charge in [-0.25, -0.2) is 0 Å². The van der Waals surface area contributed by atoms with Crippen LogP contribution in [0.1, 0.15) is 0 Å². The normalized spacial score (nSPS) is 18.2. The van der Waals surface area contributed by atoms with E-state index in [0.29, 0.717) is 0 Å². The molecule has 0 heterocycles. The van der Waals surface area contributed by atoms with E-state index in [9.17, 15) is 46.0 Å². The van der Waals surface area contributed by atoms with Crippen LogP contribution in [-0.2, 0) is 52.1 Å². The lowest BCUT2D eigenvalue weighted by molar-refractivity contribution is -0.142. The molecule has 0 aromatic rings. The lowest BCUT2D eigenvalue weighted by Gasteiger charge is -2.26. The van der Waals surface area contributed by atoms with Crippen LogP contribution >= 0.6 is 0 Å². The Balaban J connectivity index is 5.47. The number of aliphatic hydroxyl groups excluding tert-OH is 14. The Bertz CT molecular complexity index is 917. The zero-order chi connectivity index (χ0) is 45.7. The Hall–Kier alpha value is -1.00. The zero-order valence-corrected chi connectivity index (χ0v) is 34.7. The van der Waals surface area contributed by atoms with Crippen LogP contribution in [-0.4, -0.2) is 303 Å². The average Bonchev–Trinajstić information content (AvgIpc) is 3.24. The van der Waals surface area contributed by atoms with E-state index in [1.165, 1.54) is 0 Å². The van der Waals surface area contributed by atoms with E-state index in [0.717, 1.165) is 0 Å². The molecule has 11 atom stereocenters. The Kier molecular flexibility index (Phi) is 39.8. The summed E-state index contributed by atoms with van der Waals surface area (Å²) in [4.78, 5) is 0. The SMILES string of the molecule is OCC(O)COCC(O)COCC(O)COC(COCC(O)CO)COCC(COC(COCC(O)CO)COCC(O)CO)OCC(O)COCC(O)COCC(O)CO. The van der Waals surface area contributed by atoms with Crippen molar-refractivity contribution in [1.82, 2.24) is 0 Å². The van der Waals surface area contributed by atoms with E-state index in [-0.39, 0.29) is 126 Å². The summed E-state index contributed by atoms with van der Waals surface area (Å²) in [5.74, 6) is 0. The predicted molar refractivity (Wildman–Crippen MR) is 205 cm³/mol. The van der Waals surface area contributed by atoms with Crippen molar-refractivity contribution in [3.05, 3.63) is 0 Å². The summed E-state index contributed by atoms with van der Waals surface area (Å²) in [6, 6.07) is 0. The molecule has 0 spiro atoms. The maximum absolute atomic E-state index is 10.5. The first kappa shape index (κ1) is 60.0. The van der Waals surface area contributed by atoms with E-state index in [2.05, 4.69) is 0 Å². The molecule has 0 fully saturated rings. The van der Waals surface area contributed by atoms with Crippen molar-refractivity contribution in [1.29, 1.82) is 0 Å². The van der Waals surface area contributed by atoms with E-state index in [1.807, 2.05) is 0 Å². The summed E-state index contributed by atoms with van der Waals surface area (Å²) in [7, 11) is 0. The molecule has 0 amide bonds. The van der Waals surface area contributed by atoms with Crippen LogP contribution in [0.3, 0.4) is 0 Å². The van der Waals surface area contributed by atoms with Crippen LogP contribution in [0, 0.1) is 0 Å². The second-order valence-electron chi connectivity index (χ2n) is 14.0. The third kappa shape index (κ3) is 37.0. The van der Waals surface area contributed by atoms with Gasteiger partial charge in [0.2, 0.25) is 0 Å². The van der Waals surface area contributed by atoms with Crippen LogP contribution in [0.4, 0.5) is 0 Å². The van der Waals surface area contributed by atoms with E-state index in [4.69, 9.17) is 77.6 Å². The number of rotatable bonds is 46. The minimum atomic E-state index is -1.20. The van der Waals surface area contributed by atoms with Crippen molar-refractivity contribution in [3.63, 3.8) is 0 Å². The molecule has 25 heteroatoms. The van der Waals surface area contributed by atoms with E-state index in [1.54, 1.807) is 0 Å². The fraction of sp³-hybridized carbons (Fsp3) is 1.00. The smallest absolute Gasteiger partial charge is 0.104 e. The third-order valence-electron chi connectivity index (χ3n) is 7.55. The first-order chi connectivity index (χ1) is 29.3. The molecule has 11 unspecified atom stereocenters. The minimum Gasteiger partial charge on any atom is -0.394 e. The molecular formula is C36H74O25. The fourth-order valence-corrected chi connectivity index (χ4v) is 4.32. The van der Waals surface area contributed by atoms with Crippen LogP contribution in [0.25, 0.3) is 0 Å². The highest BCUT2D eigenvalue weighted by atomic mass is 16.6. The second kappa shape index (κ2) is 40.5. The van der Waals surface area contributed by atoms with Gasteiger partial charge < -0.3 is 124 Å². The predicted octanol–water partition coefficient (Wildman–Crippen LogP) is -8.52. The maximum Gasteiger partial charge on any atom is 0.104 e. The lowest BCUT2D eigenvalue weighted by Crippen LogP contribution is -2.38. The number of hydrogen-bond donors (Lipinski definition) is 14. The van der Waals surface area contributed by atoms with Crippen LogP contribution in [0.2, 0.25) is 0 Å². The Labute approximate surface area is 355 Å².